The molecule has 1 aromatic rings. The van der Waals surface area contributed by atoms with Gasteiger partial charge in [0.15, 0.2) is 0 Å². The molecule has 0 saturated carbocycles. The lowest BCUT2D eigenvalue weighted by Gasteiger charge is -2.33. The molecule has 1 saturated heterocycles. The van der Waals surface area contributed by atoms with Gasteiger partial charge in [-0.3, -0.25) is 4.90 Å². The SMILES string of the molecule is CC(C)(C)C1CN(Cc2cccs2)CCCN1. The van der Waals surface area contributed by atoms with Crippen LogP contribution in [0.4, 0.5) is 0 Å². The van der Waals surface area contributed by atoms with Crippen LogP contribution in [0.2, 0.25) is 0 Å². The van der Waals surface area contributed by atoms with Crippen LogP contribution < -0.4 is 5.32 Å². The standard InChI is InChI=1S/C14H24N2S/c1-14(2,3)13-11-16(8-5-7-15-13)10-12-6-4-9-17-12/h4,6,9,13,15H,5,7-8,10-11H2,1-3H3. The molecule has 2 nitrogen and oxygen atoms in total. The quantitative estimate of drug-likeness (QED) is 0.870. The maximum Gasteiger partial charge on any atom is 0.0328 e. The second-order valence-corrected chi connectivity index (χ2v) is 7.07. The lowest BCUT2D eigenvalue weighted by atomic mass is 9.86. The van der Waals surface area contributed by atoms with Crippen LogP contribution in [0.25, 0.3) is 0 Å². The van der Waals surface area contributed by atoms with Crippen molar-refractivity contribution in [1.82, 2.24) is 10.2 Å². The van der Waals surface area contributed by atoms with Crippen molar-refractivity contribution in [3.63, 3.8) is 0 Å². The Kier molecular flexibility index (Phi) is 4.23. The minimum Gasteiger partial charge on any atom is -0.312 e. The number of rotatable bonds is 2. The average molecular weight is 252 g/mol. The number of nitrogens with zero attached hydrogens (tertiary/aromatic N) is 1. The van der Waals surface area contributed by atoms with Gasteiger partial charge in [-0.25, -0.2) is 0 Å². The Morgan fingerprint density at radius 1 is 1.47 bits per heavy atom. The summed E-state index contributed by atoms with van der Waals surface area (Å²) >= 11 is 1.87. The first-order valence-corrected chi connectivity index (χ1v) is 7.42. The Bertz CT molecular complexity index is 326. The van der Waals surface area contributed by atoms with Crippen molar-refractivity contribution in [3.8, 4) is 0 Å². The van der Waals surface area contributed by atoms with E-state index in [4.69, 9.17) is 0 Å². The van der Waals surface area contributed by atoms with Gasteiger partial charge in [-0.15, -0.1) is 11.3 Å². The second-order valence-electron chi connectivity index (χ2n) is 6.04. The third kappa shape index (κ3) is 3.80. The molecule has 1 unspecified atom stereocenters. The minimum absolute atomic E-state index is 0.345. The first kappa shape index (κ1) is 13.1. The summed E-state index contributed by atoms with van der Waals surface area (Å²) in [4.78, 5) is 4.08. The summed E-state index contributed by atoms with van der Waals surface area (Å²) in [5.41, 5.74) is 0.345. The molecule has 0 radical (unpaired) electrons. The van der Waals surface area contributed by atoms with Crippen LogP contribution in [-0.4, -0.2) is 30.6 Å². The Morgan fingerprint density at radius 3 is 2.94 bits per heavy atom. The summed E-state index contributed by atoms with van der Waals surface area (Å²) in [6.07, 6.45) is 1.26. The molecule has 1 aliphatic rings. The molecule has 2 rings (SSSR count). The van der Waals surface area contributed by atoms with Crippen LogP contribution in [0.1, 0.15) is 32.1 Å². The molecule has 0 aliphatic carbocycles. The normalized spacial score (nSPS) is 23.6. The number of hydrogen-bond acceptors (Lipinski definition) is 3. The van der Waals surface area contributed by atoms with Gasteiger partial charge in [-0.05, 0) is 36.4 Å². The second kappa shape index (κ2) is 5.51. The van der Waals surface area contributed by atoms with Crippen LogP contribution in [0.5, 0.6) is 0 Å². The van der Waals surface area contributed by atoms with Crippen LogP contribution in [0.3, 0.4) is 0 Å². The molecule has 0 amide bonds. The summed E-state index contributed by atoms with van der Waals surface area (Å²) in [7, 11) is 0. The molecule has 0 bridgehead atoms. The first-order valence-electron chi connectivity index (χ1n) is 6.54. The van der Waals surface area contributed by atoms with E-state index in [1.54, 1.807) is 0 Å². The van der Waals surface area contributed by atoms with Crippen molar-refractivity contribution >= 4 is 11.3 Å². The van der Waals surface area contributed by atoms with Crippen molar-refractivity contribution in [1.29, 1.82) is 0 Å². The molecule has 1 fully saturated rings. The zero-order valence-electron chi connectivity index (χ0n) is 11.2. The topological polar surface area (TPSA) is 15.3 Å². The fraction of sp³-hybridized carbons (Fsp3) is 0.714. The van der Waals surface area contributed by atoms with Gasteiger partial charge in [-0.1, -0.05) is 26.8 Å². The number of nitrogens with one attached hydrogen (secondary N) is 1. The third-order valence-electron chi connectivity index (χ3n) is 3.49. The van der Waals surface area contributed by atoms with Gasteiger partial charge in [-0.2, -0.15) is 0 Å². The van der Waals surface area contributed by atoms with Crippen LogP contribution in [0.15, 0.2) is 17.5 Å². The van der Waals surface area contributed by atoms with E-state index in [1.165, 1.54) is 24.4 Å². The van der Waals surface area contributed by atoms with Gasteiger partial charge in [0.05, 0.1) is 0 Å². The van der Waals surface area contributed by atoms with E-state index in [-0.39, 0.29) is 0 Å². The minimum atomic E-state index is 0.345. The molecule has 2 heterocycles. The van der Waals surface area contributed by atoms with E-state index in [0.717, 1.165) is 13.1 Å². The number of hydrogen-bond donors (Lipinski definition) is 1. The van der Waals surface area contributed by atoms with Gasteiger partial charge in [0, 0.05) is 24.0 Å². The van der Waals surface area contributed by atoms with Crippen LogP contribution in [-0.2, 0) is 6.54 Å². The highest BCUT2D eigenvalue weighted by atomic mass is 32.1. The molecular formula is C14H24N2S. The third-order valence-corrected chi connectivity index (χ3v) is 4.35. The van der Waals surface area contributed by atoms with E-state index in [1.807, 2.05) is 11.3 Å². The highest BCUT2D eigenvalue weighted by Gasteiger charge is 2.27. The largest absolute Gasteiger partial charge is 0.312 e. The first-order chi connectivity index (χ1) is 8.05. The van der Waals surface area contributed by atoms with E-state index < -0.39 is 0 Å². The maximum absolute atomic E-state index is 3.69. The van der Waals surface area contributed by atoms with Crippen LogP contribution >= 0.6 is 11.3 Å². The van der Waals surface area contributed by atoms with E-state index in [0.29, 0.717) is 11.5 Å². The van der Waals surface area contributed by atoms with Gasteiger partial charge >= 0.3 is 0 Å². The Labute approximate surface area is 109 Å². The summed E-state index contributed by atoms with van der Waals surface area (Å²) in [5, 5.41) is 5.87. The Morgan fingerprint density at radius 2 is 2.29 bits per heavy atom. The fourth-order valence-corrected chi connectivity index (χ4v) is 3.09. The molecule has 96 valence electrons. The highest BCUT2D eigenvalue weighted by molar-refractivity contribution is 7.09. The summed E-state index contributed by atoms with van der Waals surface area (Å²) < 4.78 is 0. The smallest absolute Gasteiger partial charge is 0.0328 e. The predicted molar refractivity (Wildman–Crippen MR) is 75.5 cm³/mol. The predicted octanol–water partition coefficient (Wildman–Crippen LogP) is 2.96. The van der Waals surface area contributed by atoms with Gasteiger partial charge < -0.3 is 5.32 Å². The molecule has 0 aromatic carbocycles. The molecule has 1 atom stereocenters. The molecule has 3 heteroatoms. The molecule has 0 spiro atoms. The maximum atomic E-state index is 3.69. The zero-order chi connectivity index (χ0) is 12.3. The summed E-state index contributed by atoms with van der Waals surface area (Å²) in [5.74, 6) is 0. The van der Waals surface area contributed by atoms with Gasteiger partial charge in [0.1, 0.15) is 0 Å². The zero-order valence-corrected chi connectivity index (χ0v) is 12.0. The molecule has 1 aromatic heterocycles. The lowest BCUT2D eigenvalue weighted by Crippen LogP contribution is -2.46. The van der Waals surface area contributed by atoms with E-state index >= 15 is 0 Å². The molecule has 17 heavy (non-hydrogen) atoms. The van der Waals surface area contributed by atoms with Crippen molar-refractivity contribution in [2.75, 3.05) is 19.6 Å². The molecular weight excluding hydrogens is 228 g/mol. The number of thiophene rings is 1. The van der Waals surface area contributed by atoms with Gasteiger partial charge in [0.2, 0.25) is 0 Å². The lowest BCUT2D eigenvalue weighted by molar-refractivity contribution is 0.193. The molecule has 1 N–H and O–H groups in total. The Hall–Kier alpha value is -0.380. The highest BCUT2D eigenvalue weighted by Crippen LogP contribution is 2.23. The van der Waals surface area contributed by atoms with Crippen molar-refractivity contribution in [3.05, 3.63) is 22.4 Å². The van der Waals surface area contributed by atoms with Crippen molar-refractivity contribution in [2.45, 2.75) is 39.8 Å². The summed E-state index contributed by atoms with van der Waals surface area (Å²) in [6, 6.07) is 5.00. The average Bonchev–Trinajstić information content (AvgIpc) is 2.61. The van der Waals surface area contributed by atoms with E-state index in [9.17, 15) is 0 Å². The van der Waals surface area contributed by atoms with Gasteiger partial charge in [0.25, 0.3) is 0 Å². The van der Waals surface area contributed by atoms with Crippen LogP contribution in [0, 0.1) is 5.41 Å². The monoisotopic (exact) mass is 252 g/mol. The van der Waals surface area contributed by atoms with Crippen molar-refractivity contribution in [2.24, 2.45) is 5.41 Å². The molecule has 1 aliphatic heterocycles. The van der Waals surface area contributed by atoms with E-state index in [2.05, 4.69) is 48.5 Å². The summed E-state index contributed by atoms with van der Waals surface area (Å²) in [6.45, 7) is 11.7. The Balaban J connectivity index is 1.97. The fourth-order valence-electron chi connectivity index (χ4n) is 2.34. The van der Waals surface area contributed by atoms with Crippen molar-refractivity contribution < 1.29 is 0 Å².